The van der Waals surface area contributed by atoms with Crippen LogP contribution in [0.15, 0.2) is 47.7 Å². The molecule has 1 aliphatic heterocycles. The van der Waals surface area contributed by atoms with Crippen molar-refractivity contribution in [1.29, 1.82) is 0 Å². The number of aryl methyl sites for hydroxylation is 1. The van der Waals surface area contributed by atoms with Gasteiger partial charge in [-0.1, -0.05) is 37.6 Å². The number of benzene rings is 1. The average Bonchev–Trinajstić information content (AvgIpc) is 3.13. The van der Waals surface area contributed by atoms with Gasteiger partial charge in [-0.15, -0.1) is 11.3 Å². The minimum absolute atomic E-state index is 0.0805. The number of hydrogen-bond donors (Lipinski definition) is 1. The van der Waals surface area contributed by atoms with Crippen LogP contribution in [0.25, 0.3) is 0 Å². The third-order valence-corrected chi connectivity index (χ3v) is 6.79. The highest BCUT2D eigenvalue weighted by molar-refractivity contribution is 7.12. The van der Waals surface area contributed by atoms with Crippen LogP contribution in [-0.4, -0.2) is 23.0 Å². The molecule has 0 radical (unpaired) electrons. The lowest BCUT2D eigenvalue weighted by molar-refractivity contribution is -0.158. The summed E-state index contributed by atoms with van der Waals surface area (Å²) in [7, 11) is 0. The Hall–Kier alpha value is -2.11. The highest BCUT2D eigenvalue weighted by Gasteiger charge is 2.43. The first-order chi connectivity index (χ1) is 13.8. The van der Waals surface area contributed by atoms with Gasteiger partial charge in [0.15, 0.2) is 11.9 Å². The highest BCUT2D eigenvalue weighted by atomic mass is 35.5. The minimum atomic E-state index is -0.977. The molecule has 3 rings (SSSR count). The predicted octanol–water partition coefficient (Wildman–Crippen LogP) is 5.78. The fourth-order valence-corrected chi connectivity index (χ4v) is 4.99. The molecular weight excluding hydrogens is 408 g/mol. The van der Waals surface area contributed by atoms with Crippen molar-refractivity contribution in [2.75, 3.05) is 0 Å². The molecule has 6 heteroatoms. The Morgan fingerprint density at radius 2 is 1.79 bits per heavy atom. The zero-order chi connectivity index (χ0) is 21.1. The van der Waals surface area contributed by atoms with E-state index in [0.717, 1.165) is 15.3 Å². The number of carbonyl (C=O) groups excluding carboxylic acids is 2. The SMILES string of the molecule is CCC(C1=C(O)C(=O)C(C(CC)Cc2ccc(Cl)cc2)OC1=O)c1ccc(C)s1. The summed E-state index contributed by atoms with van der Waals surface area (Å²) < 4.78 is 5.61. The van der Waals surface area contributed by atoms with Gasteiger partial charge < -0.3 is 9.84 Å². The molecule has 0 bridgehead atoms. The molecule has 2 aromatic rings. The topological polar surface area (TPSA) is 63.6 Å². The van der Waals surface area contributed by atoms with Gasteiger partial charge >= 0.3 is 5.97 Å². The number of carbonyl (C=O) groups is 2. The number of cyclic esters (lactones) is 1. The van der Waals surface area contributed by atoms with Crippen LogP contribution in [0.2, 0.25) is 5.02 Å². The maximum atomic E-state index is 13.0. The molecule has 3 unspecified atom stereocenters. The van der Waals surface area contributed by atoms with Crippen molar-refractivity contribution in [3.63, 3.8) is 0 Å². The van der Waals surface area contributed by atoms with Crippen LogP contribution < -0.4 is 0 Å². The van der Waals surface area contributed by atoms with E-state index in [1.165, 1.54) is 0 Å². The number of hydrogen-bond acceptors (Lipinski definition) is 5. The predicted molar refractivity (Wildman–Crippen MR) is 116 cm³/mol. The van der Waals surface area contributed by atoms with Gasteiger partial charge in [0.05, 0.1) is 5.57 Å². The summed E-state index contributed by atoms with van der Waals surface area (Å²) in [6.07, 6.45) is 0.806. The number of halogens is 1. The van der Waals surface area contributed by atoms with Crippen molar-refractivity contribution in [3.8, 4) is 0 Å². The fourth-order valence-electron chi connectivity index (χ4n) is 3.79. The summed E-state index contributed by atoms with van der Waals surface area (Å²) in [6.45, 7) is 5.86. The Morgan fingerprint density at radius 3 is 2.34 bits per heavy atom. The first-order valence-corrected chi connectivity index (χ1v) is 11.0. The summed E-state index contributed by atoms with van der Waals surface area (Å²) >= 11 is 7.50. The second-order valence-corrected chi connectivity index (χ2v) is 9.12. The molecule has 0 fully saturated rings. The van der Waals surface area contributed by atoms with Crippen molar-refractivity contribution in [1.82, 2.24) is 0 Å². The van der Waals surface area contributed by atoms with E-state index in [0.29, 0.717) is 24.3 Å². The van der Waals surface area contributed by atoms with E-state index in [4.69, 9.17) is 16.3 Å². The lowest BCUT2D eigenvalue weighted by atomic mass is 9.84. The quantitative estimate of drug-likeness (QED) is 0.563. The van der Waals surface area contributed by atoms with Crippen LogP contribution in [0.1, 0.15) is 47.9 Å². The van der Waals surface area contributed by atoms with E-state index < -0.39 is 23.6 Å². The van der Waals surface area contributed by atoms with Gasteiger partial charge in [-0.05, 0) is 56.0 Å². The van der Waals surface area contributed by atoms with Crippen molar-refractivity contribution in [2.24, 2.45) is 5.92 Å². The Labute approximate surface area is 180 Å². The Morgan fingerprint density at radius 1 is 1.10 bits per heavy atom. The second-order valence-electron chi connectivity index (χ2n) is 7.36. The number of Topliss-reactive ketones (excluding diaryl/α,β-unsaturated/α-hetero) is 1. The van der Waals surface area contributed by atoms with E-state index in [1.54, 1.807) is 23.5 Å². The Balaban J connectivity index is 1.88. The normalized spacial score (nSPS) is 19.2. The molecule has 2 heterocycles. The Bertz CT molecular complexity index is 929. The number of ketones is 1. The summed E-state index contributed by atoms with van der Waals surface area (Å²) in [5.41, 5.74) is 1.08. The van der Waals surface area contributed by atoms with Crippen molar-refractivity contribution >= 4 is 34.7 Å². The molecule has 0 aliphatic carbocycles. The second kappa shape index (κ2) is 9.14. The maximum absolute atomic E-state index is 13.0. The molecule has 0 spiro atoms. The number of aliphatic hydroxyl groups excluding tert-OH is 1. The van der Waals surface area contributed by atoms with Gasteiger partial charge in [0.1, 0.15) is 0 Å². The van der Waals surface area contributed by atoms with E-state index in [9.17, 15) is 14.7 Å². The van der Waals surface area contributed by atoms with Gasteiger partial charge in [-0.25, -0.2) is 4.79 Å². The lowest BCUT2D eigenvalue weighted by Gasteiger charge is -2.31. The molecule has 1 aromatic heterocycles. The minimum Gasteiger partial charge on any atom is -0.504 e. The zero-order valence-corrected chi connectivity index (χ0v) is 18.3. The molecule has 0 amide bonds. The molecular formula is C23H25ClO4S. The largest absolute Gasteiger partial charge is 0.504 e. The van der Waals surface area contributed by atoms with Crippen LogP contribution in [0.3, 0.4) is 0 Å². The third-order valence-electron chi connectivity index (χ3n) is 5.43. The molecule has 0 saturated carbocycles. The van der Waals surface area contributed by atoms with Crippen LogP contribution in [0.5, 0.6) is 0 Å². The number of rotatable bonds is 7. The number of aliphatic hydroxyl groups is 1. The maximum Gasteiger partial charge on any atom is 0.339 e. The number of esters is 1. The van der Waals surface area contributed by atoms with Crippen LogP contribution in [-0.2, 0) is 20.7 Å². The van der Waals surface area contributed by atoms with Gasteiger partial charge in [0.2, 0.25) is 5.78 Å². The van der Waals surface area contributed by atoms with E-state index in [-0.39, 0.29) is 17.4 Å². The number of thiophene rings is 1. The van der Waals surface area contributed by atoms with Gasteiger partial charge in [-0.3, -0.25) is 4.79 Å². The van der Waals surface area contributed by atoms with Crippen molar-refractivity contribution in [3.05, 3.63) is 68.1 Å². The van der Waals surface area contributed by atoms with Gasteiger partial charge in [0.25, 0.3) is 0 Å². The molecule has 0 saturated heterocycles. The summed E-state index contributed by atoms with van der Waals surface area (Å²) in [6, 6.07) is 11.3. The van der Waals surface area contributed by atoms with Crippen LogP contribution >= 0.6 is 22.9 Å². The van der Waals surface area contributed by atoms with Crippen molar-refractivity contribution < 1.29 is 19.4 Å². The molecule has 4 nitrogen and oxygen atoms in total. The van der Waals surface area contributed by atoms with E-state index >= 15 is 0 Å². The Kier molecular flexibility index (Phi) is 6.81. The molecule has 29 heavy (non-hydrogen) atoms. The third kappa shape index (κ3) is 4.57. The first-order valence-electron chi connectivity index (χ1n) is 9.84. The number of ether oxygens (including phenoxy) is 1. The first kappa shape index (κ1) is 21.6. The summed E-state index contributed by atoms with van der Waals surface area (Å²) in [5.74, 6) is -2.12. The molecule has 1 aromatic carbocycles. The summed E-state index contributed by atoms with van der Waals surface area (Å²) in [4.78, 5) is 27.9. The monoisotopic (exact) mass is 432 g/mol. The summed E-state index contributed by atoms with van der Waals surface area (Å²) in [5, 5.41) is 11.4. The highest BCUT2D eigenvalue weighted by Crippen LogP contribution is 2.38. The van der Waals surface area contributed by atoms with Crippen LogP contribution in [0, 0.1) is 12.8 Å². The molecule has 3 atom stereocenters. The van der Waals surface area contributed by atoms with E-state index in [2.05, 4.69) is 0 Å². The van der Waals surface area contributed by atoms with Gasteiger partial charge in [-0.2, -0.15) is 0 Å². The smallest absolute Gasteiger partial charge is 0.339 e. The average molecular weight is 433 g/mol. The fraction of sp³-hybridized carbons (Fsp3) is 0.391. The van der Waals surface area contributed by atoms with Crippen molar-refractivity contribution in [2.45, 2.75) is 52.1 Å². The van der Waals surface area contributed by atoms with Crippen LogP contribution in [0.4, 0.5) is 0 Å². The van der Waals surface area contributed by atoms with E-state index in [1.807, 2.05) is 45.0 Å². The zero-order valence-electron chi connectivity index (χ0n) is 16.8. The molecule has 1 aliphatic rings. The molecule has 154 valence electrons. The lowest BCUT2D eigenvalue weighted by Crippen LogP contribution is -2.42. The molecule has 1 N–H and O–H groups in total. The van der Waals surface area contributed by atoms with Gasteiger partial charge in [0, 0.05) is 26.6 Å². The standard InChI is InChI=1S/C23H25ClO4S/c1-4-15(12-14-7-9-16(24)10-8-14)22-21(26)20(25)19(23(27)28-22)17(5-2)18-11-6-13(3)29-18/h6-11,15,17,22,25H,4-5,12H2,1-3H3.